The fraction of sp³-hybridized carbons (Fsp3) is 0.350. The Morgan fingerprint density at radius 3 is 2.62 bits per heavy atom. The second-order valence-corrected chi connectivity index (χ2v) is 6.24. The van der Waals surface area contributed by atoms with Crippen LogP contribution in [0.4, 0.5) is 0 Å². The van der Waals surface area contributed by atoms with E-state index in [1.54, 1.807) is 6.07 Å². The predicted octanol–water partition coefficient (Wildman–Crippen LogP) is 3.14. The first-order valence-electron chi connectivity index (χ1n) is 8.27. The lowest BCUT2D eigenvalue weighted by Gasteiger charge is -2.30. The summed E-state index contributed by atoms with van der Waals surface area (Å²) in [4.78, 5) is 2.43. The zero-order chi connectivity index (χ0) is 16.9. The molecule has 0 atom stereocenters. The molecule has 2 aromatic rings. The van der Waals surface area contributed by atoms with E-state index in [1.165, 1.54) is 25.1 Å². The van der Waals surface area contributed by atoms with Crippen molar-refractivity contribution in [3.05, 3.63) is 64.2 Å². The largest absolute Gasteiger partial charge is 0.489 e. The van der Waals surface area contributed by atoms with Crippen LogP contribution in [0.1, 0.15) is 34.2 Å². The summed E-state index contributed by atoms with van der Waals surface area (Å²) >= 11 is 0. The smallest absolute Gasteiger partial charge is 0.122 e. The van der Waals surface area contributed by atoms with Crippen molar-refractivity contribution in [2.24, 2.45) is 0 Å². The average molecular weight is 322 g/mol. The highest BCUT2D eigenvalue weighted by Gasteiger charge is 2.14. The van der Waals surface area contributed by atoms with Crippen LogP contribution in [-0.4, -0.2) is 23.1 Å². The van der Waals surface area contributed by atoms with E-state index in [0.29, 0.717) is 17.7 Å². The van der Waals surface area contributed by atoms with Gasteiger partial charge in [0.05, 0.1) is 18.2 Å². The third kappa shape index (κ3) is 3.59. The van der Waals surface area contributed by atoms with E-state index in [4.69, 9.17) is 4.74 Å². The van der Waals surface area contributed by atoms with Gasteiger partial charge in [-0.1, -0.05) is 30.3 Å². The van der Waals surface area contributed by atoms with E-state index in [1.807, 2.05) is 25.1 Å². The van der Waals surface area contributed by atoms with Gasteiger partial charge in [-0.3, -0.25) is 4.90 Å². The number of aliphatic hydroxyl groups excluding tert-OH is 1. The zero-order valence-electron chi connectivity index (χ0n) is 14.0. The van der Waals surface area contributed by atoms with Crippen molar-refractivity contribution in [1.29, 1.82) is 5.26 Å². The Morgan fingerprint density at radius 1 is 1.21 bits per heavy atom. The Bertz CT molecular complexity index is 761. The molecule has 0 unspecified atom stereocenters. The molecule has 1 N–H and O–H groups in total. The first kappa shape index (κ1) is 16.5. The van der Waals surface area contributed by atoms with Crippen molar-refractivity contribution in [3.8, 4) is 11.8 Å². The van der Waals surface area contributed by atoms with Gasteiger partial charge in [-0.05, 0) is 49.2 Å². The van der Waals surface area contributed by atoms with E-state index in [-0.39, 0.29) is 6.61 Å². The summed E-state index contributed by atoms with van der Waals surface area (Å²) in [6.07, 6.45) is 1.30. The van der Waals surface area contributed by atoms with Crippen LogP contribution < -0.4 is 4.74 Å². The summed E-state index contributed by atoms with van der Waals surface area (Å²) in [6.45, 7) is 5.61. The molecule has 1 heterocycles. The molecule has 2 aromatic carbocycles. The summed E-state index contributed by atoms with van der Waals surface area (Å²) < 4.78 is 5.92. The van der Waals surface area contributed by atoms with Gasteiger partial charge in [0.2, 0.25) is 0 Å². The summed E-state index contributed by atoms with van der Waals surface area (Å²) in [7, 11) is 0. The number of ether oxygens (including phenoxy) is 1. The van der Waals surface area contributed by atoms with Crippen LogP contribution in [0.3, 0.4) is 0 Å². The fourth-order valence-electron chi connectivity index (χ4n) is 2.97. The minimum Gasteiger partial charge on any atom is -0.489 e. The third-order valence-electron chi connectivity index (χ3n) is 4.50. The standard InChI is InChI=1S/C20H22N2O2/c1-15-10-16(12-22-8-3-9-22)6-7-20(15)24-14-18-5-2-4-17(13-23)19(18)11-21/h2,4-7,10,23H,3,8-9,12-14H2,1H3. The van der Waals surface area contributed by atoms with Crippen molar-refractivity contribution in [2.75, 3.05) is 13.1 Å². The first-order chi connectivity index (χ1) is 11.7. The summed E-state index contributed by atoms with van der Waals surface area (Å²) in [5.41, 5.74) is 4.35. The fourth-order valence-corrected chi connectivity index (χ4v) is 2.97. The maximum atomic E-state index is 9.34. The van der Waals surface area contributed by atoms with Gasteiger partial charge in [-0.15, -0.1) is 0 Å². The van der Waals surface area contributed by atoms with Gasteiger partial charge in [0.15, 0.2) is 0 Å². The van der Waals surface area contributed by atoms with Crippen LogP contribution in [0.25, 0.3) is 0 Å². The maximum Gasteiger partial charge on any atom is 0.122 e. The van der Waals surface area contributed by atoms with Gasteiger partial charge in [-0.2, -0.15) is 5.26 Å². The molecule has 0 radical (unpaired) electrons. The number of aliphatic hydroxyl groups is 1. The SMILES string of the molecule is Cc1cc(CN2CCC2)ccc1OCc1cccc(CO)c1C#N. The average Bonchev–Trinajstić information content (AvgIpc) is 2.56. The van der Waals surface area contributed by atoms with E-state index in [2.05, 4.69) is 23.1 Å². The van der Waals surface area contributed by atoms with Gasteiger partial charge in [-0.25, -0.2) is 0 Å². The number of nitrogens with zero attached hydrogens (tertiary/aromatic N) is 2. The number of nitriles is 1. The van der Waals surface area contributed by atoms with Crippen molar-refractivity contribution >= 4 is 0 Å². The number of hydrogen-bond acceptors (Lipinski definition) is 4. The van der Waals surface area contributed by atoms with E-state index in [0.717, 1.165) is 23.4 Å². The molecule has 3 rings (SSSR count). The molecule has 0 aromatic heterocycles. The minimum atomic E-state index is -0.138. The van der Waals surface area contributed by atoms with E-state index in [9.17, 15) is 10.4 Å². The lowest BCUT2D eigenvalue weighted by Crippen LogP contribution is -2.36. The predicted molar refractivity (Wildman–Crippen MR) is 92.5 cm³/mol. The lowest BCUT2D eigenvalue weighted by atomic mass is 10.0. The minimum absolute atomic E-state index is 0.138. The summed E-state index contributed by atoms with van der Waals surface area (Å²) in [5.74, 6) is 0.834. The topological polar surface area (TPSA) is 56.5 Å². The van der Waals surface area contributed by atoms with Crippen LogP contribution in [0.5, 0.6) is 5.75 Å². The first-order valence-corrected chi connectivity index (χ1v) is 8.27. The molecule has 4 heteroatoms. The molecule has 124 valence electrons. The zero-order valence-corrected chi connectivity index (χ0v) is 14.0. The normalized spacial score (nSPS) is 14.0. The molecule has 0 spiro atoms. The Balaban J connectivity index is 1.69. The van der Waals surface area contributed by atoms with Crippen LogP contribution in [0.15, 0.2) is 36.4 Å². The van der Waals surface area contributed by atoms with Crippen LogP contribution >= 0.6 is 0 Å². The lowest BCUT2D eigenvalue weighted by molar-refractivity contribution is 0.172. The van der Waals surface area contributed by atoms with E-state index < -0.39 is 0 Å². The van der Waals surface area contributed by atoms with Crippen molar-refractivity contribution in [1.82, 2.24) is 4.90 Å². The van der Waals surface area contributed by atoms with E-state index >= 15 is 0 Å². The highest BCUT2D eigenvalue weighted by atomic mass is 16.5. The second kappa shape index (κ2) is 7.48. The molecule has 0 bridgehead atoms. The van der Waals surface area contributed by atoms with Gasteiger partial charge in [0.1, 0.15) is 12.4 Å². The van der Waals surface area contributed by atoms with Crippen molar-refractivity contribution < 1.29 is 9.84 Å². The number of benzene rings is 2. The molecule has 1 aliphatic heterocycles. The third-order valence-corrected chi connectivity index (χ3v) is 4.50. The molecule has 0 amide bonds. The molecule has 1 saturated heterocycles. The molecule has 24 heavy (non-hydrogen) atoms. The Morgan fingerprint density at radius 2 is 2.00 bits per heavy atom. The van der Waals surface area contributed by atoms with Crippen molar-refractivity contribution in [3.63, 3.8) is 0 Å². The second-order valence-electron chi connectivity index (χ2n) is 6.24. The molecular formula is C20H22N2O2. The Hall–Kier alpha value is -2.35. The number of hydrogen-bond donors (Lipinski definition) is 1. The van der Waals surface area contributed by atoms with Crippen LogP contribution in [0, 0.1) is 18.3 Å². The van der Waals surface area contributed by atoms with Gasteiger partial charge in [0, 0.05) is 12.1 Å². The highest BCUT2D eigenvalue weighted by Crippen LogP contribution is 2.23. The molecule has 0 saturated carbocycles. The molecule has 4 nitrogen and oxygen atoms in total. The molecule has 1 fully saturated rings. The molecular weight excluding hydrogens is 300 g/mol. The molecule has 1 aliphatic rings. The van der Waals surface area contributed by atoms with Gasteiger partial charge < -0.3 is 9.84 Å². The summed E-state index contributed by atoms with van der Waals surface area (Å²) in [6, 6.07) is 13.9. The monoisotopic (exact) mass is 322 g/mol. The number of aryl methyl sites for hydroxylation is 1. The highest BCUT2D eigenvalue weighted by molar-refractivity contribution is 5.44. The van der Waals surface area contributed by atoms with Crippen LogP contribution in [0.2, 0.25) is 0 Å². The molecule has 0 aliphatic carbocycles. The van der Waals surface area contributed by atoms with Gasteiger partial charge >= 0.3 is 0 Å². The summed E-state index contributed by atoms with van der Waals surface area (Å²) in [5, 5.41) is 18.6. The number of rotatable bonds is 6. The van der Waals surface area contributed by atoms with Crippen LogP contribution in [-0.2, 0) is 19.8 Å². The Labute approximate surface area is 142 Å². The number of likely N-dealkylation sites (tertiary alicyclic amines) is 1. The van der Waals surface area contributed by atoms with Crippen molar-refractivity contribution in [2.45, 2.75) is 33.1 Å². The van der Waals surface area contributed by atoms with Gasteiger partial charge in [0.25, 0.3) is 0 Å². The quantitative estimate of drug-likeness (QED) is 0.887. The maximum absolute atomic E-state index is 9.34. The Kier molecular flexibility index (Phi) is 5.14.